The fraction of sp³-hybridized carbons (Fsp3) is 0.300. The molecule has 2 aromatic rings. The molecule has 0 fully saturated rings. The van der Waals surface area contributed by atoms with Crippen molar-refractivity contribution in [3.63, 3.8) is 0 Å². The predicted octanol–water partition coefficient (Wildman–Crippen LogP) is 1.93. The molecule has 1 heterocycles. The first-order valence-corrected chi connectivity index (χ1v) is 5.51. The Morgan fingerprint density at radius 1 is 1.50 bits per heavy atom. The van der Waals surface area contributed by atoms with Gasteiger partial charge in [-0.15, -0.1) is 0 Å². The Bertz CT molecular complexity index is 538. The molecule has 0 N–H and O–H groups in total. The molecule has 0 spiro atoms. The Balaban J connectivity index is 2.47. The van der Waals surface area contributed by atoms with Crippen LogP contribution >= 0.6 is 15.9 Å². The molecule has 0 aliphatic rings. The van der Waals surface area contributed by atoms with Crippen LogP contribution in [0.4, 0.5) is 0 Å². The lowest BCUT2D eigenvalue weighted by atomic mass is 10.3. The standard InChI is InChI=1S/C10H10BrN3O2/c1-6(10(15)16-2)14-12-8-5-3-4-7(11)9(8)13-14/h3-6H,1-2H3/t6-/m1/s1. The minimum Gasteiger partial charge on any atom is -0.467 e. The second-order valence-electron chi connectivity index (χ2n) is 3.33. The minimum atomic E-state index is -0.524. The van der Waals surface area contributed by atoms with Gasteiger partial charge in [0.05, 0.1) is 7.11 Å². The van der Waals surface area contributed by atoms with Gasteiger partial charge in [0.1, 0.15) is 11.0 Å². The number of hydrogen-bond donors (Lipinski definition) is 0. The number of carbonyl (C=O) groups is 1. The third-order valence-electron chi connectivity index (χ3n) is 2.27. The van der Waals surface area contributed by atoms with Crippen molar-refractivity contribution in [3.8, 4) is 0 Å². The summed E-state index contributed by atoms with van der Waals surface area (Å²) < 4.78 is 5.50. The number of carbonyl (C=O) groups excluding carboxylic acids is 1. The Hall–Kier alpha value is -1.43. The number of fused-ring (bicyclic) bond motifs is 1. The summed E-state index contributed by atoms with van der Waals surface area (Å²) in [5.74, 6) is -0.364. The molecule has 1 aromatic carbocycles. The van der Waals surface area contributed by atoms with Crippen molar-refractivity contribution >= 4 is 32.9 Å². The Labute approximate surface area is 101 Å². The summed E-state index contributed by atoms with van der Waals surface area (Å²) >= 11 is 3.38. The normalized spacial score (nSPS) is 12.7. The van der Waals surface area contributed by atoms with E-state index in [9.17, 15) is 4.79 Å². The lowest BCUT2D eigenvalue weighted by molar-refractivity contribution is -0.144. The molecule has 0 bridgehead atoms. The number of ether oxygens (including phenoxy) is 1. The topological polar surface area (TPSA) is 57.0 Å². The summed E-state index contributed by atoms with van der Waals surface area (Å²) in [4.78, 5) is 12.7. The number of halogens is 1. The Kier molecular flexibility index (Phi) is 2.91. The second-order valence-corrected chi connectivity index (χ2v) is 4.18. The van der Waals surface area contributed by atoms with Crippen molar-refractivity contribution in [2.75, 3.05) is 7.11 Å². The summed E-state index contributed by atoms with van der Waals surface area (Å²) in [5, 5.41) is 8.46. The van der Waals surface area contributed by atoms with E-state index in [0.29, 0.717) is 0 Å². The van der Waals surface area contributed by atoms with Gasteiger partial charge in [0.2, 0.25) is 0 Å². The molecule has 2 rings (SSSR count). The molecule has 0 saturated carbocycles. The summed E-state index contributed by atoms with van der Waals surface area (Å²) in [6.07, 6.45) is 0. The van der Waals surface area contributed by atoms with Crippen LogP contribution in [0.2, 0.25) is 0 Å². The van der Waals surface area contributed by atoms with Crippen molar-refractivity contribution < 1.29 is 9.53 Å². The molecule has 0 radical (unpaired) electrons. The molecular weight excluding hydrogens is 274 g/mol. The van der Waals surface area contributed by atoms with Crippen LogP contribution in [0.5, 0.6) is 0 Å². The van der Waals surface area contributed by atoms with Gasteiger partial charge in [0, 0.05) is 4.47 Å². The monoisotopic (exact) mass is 283 g/mol. The molecule has 1 aromatic heterocycles. The number of rotatable bonds is 2. The van der Waals surface area contributed by atoms with Crippen LogP contribution < -0.4 is 0 Å². The van der Waals surface area contributed by atoms with Crippen LogP contribution in [-0.2, 0) is 9.53 Å². The van der Waals surface area contributed by atoms with Crippen molar-refractivity contribution in [1.29, 1.82) is 0 Å². The highest BCUT2D eigenvalue weighted by molar-refractivity contribution is 9.10. The lowest BCUT2D eigenvalue weighted by Crippen LogP contribution is -2.19. The van der Waals surface area contributed by atoms with E-state index < -0.39 is 6.04 Å². The van der Waals surface area contributed by atoms with Gasteiger partial charge in [-0.3, -0.25) is 0 Å². The van der Waals surface area contributed by atoms with Gasteiger partial charge in [0.15, 0.2) is 6.04 Å². The van der Waals surface area contributed by atoms with Gasteiger partial charge in [-0.2, -0.15) is 15.0 Å². The number of aromatic nitrogens is 3. The highest BCUT2D eigenvalue weighted by Crippen LogP contribution is 2.21. The van der Waals surface area contributed by atoms with Crippen molar-refractivity contribution in [1.82, 2.24) is 15.0 Å². The van der Waals surface area contributed by atoms with Crippen molar-refractivity contribution in [2.45, 2.75) is 13.0 Å². The quantitative estimate of drug-likeness (QED) is 0.791. The van der Waals surface area contributed by atoms with Gasteiger partial charge in [-0.1, -0.05) is 6.07 Å². The molecule has 0 amide bonds. The van der Waals surface area contributed by atoms with Gasteiger partial charge in [-0.05, 0) is 35.0 Å². The van der Waals surface area contributed by atoms with E-state index in [1.165, 1.54) is 11.9 Å². The molecular formula is C10H10BrN3O2. The number of esters is 1. The molecule has 0 unspecified atom stereocenters. The highest BCUT2D eigenvalue weighted by atomic mass is 79.9. The zero-order valence-electron chi connectivity index (χ0n) is 8.85. The van der Waals surface area contributed by atoms with Gasteiger partial charge in [0.25, 0.3) is 0 Å². The predicted molar refractivity (Wildman–Crippen MR) is 62.0 cm³/mol. The highest BCUT2D eigenvalue weighted by Gasteiger charge is 2.18. The molecule has 5 nitrogen and oxygen atoms in total. The average Bonchev–Trinajstić information content (AvgIpc) is 2.72. The molecule has 0 saturated heterocycles. The summed E-state index contributed by atoms with van der Waals surface area (Å²) in [7, 11) is 1.35. The summed E-state index contributed by atoms with van der Waals surface area (Å²) in [6.45, 7) is 1.69. The third-order valence-corrected chi connectivity index (χ3v) is 2.91. The minimum absolute atomic E-state index is 0.364. The van der Waals surface area contributed by atoms with Crippen LogP contribution in [0.25, 0.3) is 11.0 Å². The lowest BCUT2D eigenvalue weighted by Gasteiger charge is -2.06. The number of methoxy groups -OCH3 is 1. The van der Waals surface area contributed by atoms with Crippen LogP contribution in [-0.4, -0.2) is 28.1 Å². The molecule has 84 valence electrons. The maximum absolute atomic E-state index is 11.3. The van der Waals surface area contributed by atoms with Crippen LogP contribution in [0, 0.1) is 0 Å². The fourth-order valence-corrected chi connectivity index (χ4v) is 1.79. The largest absolute Gasteiger partial charge is 0.467 e. The first-order chi connectivity index (χ1) is 7.63. The van der Waals surface area contributed by atoms with Crippen molar-refractivity contribution in [2.24, 2.45) is 0 Å². The number of nitrogens with zero attached hydrogens (tertiary/aromatic N) is 3. The summed E-state index contributed by atoms with van der Waals surface area (Å²) in [6, 6.07) is 5.07. The van der Waals surface area contributed by atoms with E-state index in [-0.39, 0.29) is 5.97 Å². The van der Waals surface area contributed by atoms with E-state index in [1.807, 2.05) is 18.2 Å². The maximum Gasteiger partial charge on any atom is 0.332 e. The summed E-state index contributed by atoms with van der Waals surface area (Å²) in [5.41, 5.74) is 1.48. The number of hydrogen-bond acceptors (Lipinski definition) is 4. The van der Waals surface area contributed by atoms with E-state index in [2.05, 4.69) is 30.9 Å². The maximum atomic E-state index is 11.3. The molecule has 0 aliphatic carbocycles. The fourth-order valence-electron chi connectivity index (χ4n) is 1.36. The molecule has 1 atom stereocenters. The molecule has 6 heteroatoms. The van der Waals surface area contributed by atoms with Gasteiger partial charge in [-0.25, -0.2) is 4.79 Å². The zero-order valence-corrected chi connectivity index (χ0v) is 10.4. The first-order valence-electron chi connectivity index (χ1n) is 4.72. The van der Waals surface area contributed by atoms with E-state index in [0.717, 1.165) is 15.5 Å². The van der Waals surface area contributed by atoms with Crippen molar-refractivity contribution in [3.05, 3.63) is 22.7 Å². The van der Waals surface area contributed by atoms with Gasteiger partial charge >= 0.3 is 5.97 Å². The van der Waals surface area contributed by atoms with Crippen LogP contribution in [0.1, 0.15) is 13.0 Å². The smallest absolute Gasteiger partial charge is 0.332 e. The van der Waals surface area contributed by atoms with E-state index >= 15 is 0 Å². The average molecular weight is 284 g/mol. The van der Waals surface area contributed by atoms with E-state index in [1.54, 1.807) is 6.92 Å². The third kappa shape index (κ3) is 1.80. The van der Waals surface area contributed by atoms with Gasteiger partial charge < -0.3 is 4.74 Å². The van der Waals surface area contributed by atoms with Crippen LogP contribution in [0.15, 0.2) is 22.7 Å². The second kappa shape index (κ2) is 4.21. The first kappa shape index (κ1) is 11.1. The van der Waals surface area contributed by atoms with Crippen LogP contribution in [0.3, 0.4) is 0 Å². The number of benzene rings is 1. The Morgan fingerprint density at radius 3 is 2.88 bits per heavy atom. The molecule has 0 aliphatic heterocycles. The zero-order chi connectivity index (χ0) is 11.7. The van der Waals surface area contributed by atoms with E-state index in [4.69, 9.17) is 0 Å². The molecule has 16 heavy (non-hydrogen) atoms. The SMILES string of the molecule is COC(=O)[C@@H](C)n1nc2cccc(Br)c2n1. The Morgan fingerprint density at radius 2 is 2.25 bits per heavy atom.